The number of rotatable bonds is 11. The van der Waals surface area contributed by atoms with Crippen LogP contribution in [0.5, 0.6) is 0 Å². The molecule has 5 rings (SSSR count). The Bertz CT molecular complexity index is 1410. The average molecular weight is 666 g/mol. The van der Waals surface area contributed by atoms with Gasteiger partial charge < -0.3 is 54.4 Å². The van der Waals surface area contributed by atoms with Gasteiger partial charge in [0.25, 0.3) is 5.56 Å². The molecule has 13 atom stereocenters. The number of ether oxygens (including phenoxy) is 2. The highest BCUT2D eigenvalue weighted by Gasteiger charge is 2.73. The van der Waals surface area contributed by atoms with Gasteiger partial charge in [0.15, 0.2) is 24.0 Å². The number of aliphatic hydroxyl groups excluding tert-OH is 5. The number of phosphoric ester groups is 1. The van der Waals surface area contributed by atoms with Gasteiger partial charge in [0.05, 0.1) is 43.4 Å². The van der Waals surface area contributed by atoms with Crippen LogP contribution in [-0.2, 0) is 39.2 Å². The molecule has 22 heteroatoms. The van der Waals surface area contributed by atoms with Crippen LogP contribution < -0.4 is 11.2 Å². The van der Waals surface area contributed by atoms with Gasteiger partial charge in [-0.1, -0.05) is 0 Å². The summed E-state index contributed by atoms with van der Waals surface area (Å²) >= 11 is 4.72. The van der Waals surface area contributed by atoms with E-state index in [9.17, 15) is 49.5 Å². The van der Waals surface area contributed by atoms with Gasteiger partial charge in [0.2, 0.25) is 0 Å². The molecule has 2 saturated carbocycles. The minimum atomic E-state index is -5.42. The lowest BCUT2D eigenvalue weighted by Crippen LogP contribution is -2.64. The van der Waals surface area contributed by atoms with Crippen molar-refractivity contribution in [2.45, 2.75) is 67.3 Å². The molecule has 1 aromatic heterocycles. The number of aromatic nitrogens is 2. The Labute approximate surface area is 239 Å². The van der Waals surface area contributed by atoms with Crippen LogP contribution in [-0.4, -0.2) is 111 Å². The minimum absolute atomic E-state index is 0.357. The topological polar surface area (TPSA) is 280 Å². The smallest absolute Gasteiger partial charge is 0.394 e. The molecule has 4 aliphatic rings. The van der Waals surface area contributed by atoms with E-state index in [0.29, 0.717) is 12.8 Å². The van der Waals surface area contributed by atoms with Crippen molar-refractivity contribution in [3.8, 4) is 0 Å². The van der Waals surface area contributed by atoms with Crippen molar-refractivity contribution in [3.63, 3.8) is 0 Å². The lowest BCUT2D eigenvalue weighted by molar-refractivity contribution is -0.427. The van der Waals surface area contributed by atoms with Crippen molar-refractivity contribution in [3.05, 3.63) is 33.1 Å². The van der Waals surface area contributed by atoms with Crippen LogP contribution in [0.1, 0.15) is 19.1 Å². The number of alkyl halides is 1. The minimum Gasteiger partial charge on any atom is -0.394 e. The van der Waals surface area contributed by atoms with E-state index in [-0.39, 0.29) is 0 Å². The largest absolute Gasteiger partial charge is 0.481 e. The number of hydrogen-bond donors (Lipinski definition) is 9. The molecule has 9 N–H and O–H groups in total. The maximum absolute atomic E-state index is 16.1. The number of aliphatic hydroxyl groups is 6. The molecular formula is C20H29FN2O16P2S. The Morgan fingerprint density at radius 1 is 1.24 bits per heavy atom. The van der Waals surface area contributed by atoms with Crippen LogP contribution in [0.3, 0.4) is 0 Å². The number of H-pyrrole nitrogens is 1. The molecule has 2 aliphatic carbocycles. The summed E-state index contributed by atoms with van der Waals surface area (Å²) in [5.74, 6) is -6.39. The second kappa shape index (κ2) is 11.1. The molecule has 0 radical (unpaired) electrons. The zero-order valence-corrected chi connectivity index (χ0v) is 23.8. The molecule has 2 saturated heterocycles. The van der Waals surface area contributed by atoms with Crippen LogP contribution >= 0.6 is 14.5 Å². The first-order chi connectivity index (χ1) is 19.4. The summed E-state index contributed by atoms with van der Waals surface area (Å²) in [6.45, 7) is -6.55. The Hall–Kier alpha value is -1.03. The van der Waals surface area contributed by atoms with Gasteiger partial charge in [-0.2, -0.15) is 0 Å². The molecule has 238 valence electrons. The van der Waals surface area contributed by atoms with Crippen molar-refractivity contribution in [1.82, 2.24) is 9.55 Å². The molecule has 3 heterocycles. The lowest BCUT2D eigenvalue weighted by Gasteiger charge is -2.49. The third-order valence-electron chi connectivity index (χ3n) is 7.88. The van der Waals surface area contributed by atoms with E-state index in [1.807, 2.05) is 4.98 Å². The van der Waals surface area contributed by atoms with E-state index in [1.54, 1.807) is 0 Å². The molecule has 2 aliphatic heterocycles. The van der Waals surface area contributed by atoms with Crippen LogP contribution in [0.15, 0.2) is 21.9 Å². The van der Waals surface area contributed by atoms with Crippen LogP contribution in [0.2, 0.25) is 0 Å². The zero-order chi connectivity index (χ0) is 31.0. The molecule has 0 aromatic carbocycles. The predicted octanol–water partition coefficient (Wildman–Crippen LogP) is -3.35. The van der Waals surface area contributed by atoms with E-state index in [4.69, 9.17) is 35.4 Å². The zero-order valence-electron chi connectivity index (χ0n) is 21.2. The predicted molar refractivity (Wildman–Crippen MR) is 134 cm³/mol. The molecule has 42 heavy (non-hydrogen) atoms. The molecule has 0 bridgehead atoms. The number of phosphoric acid groups is 1. The molecule has 18 nitrogen and oxygen atoms in total. The molecule has 4 fully saturated rings. The summed E-state index contributed by atoms with van der Waals surface area (Å²) in [6, 6.07) is 0.946. The first-order valence-corrected chi connectivity index (χ1v) is 16.6. The van der Waals surface area contributed by atoms with E-state index >= 15 is 4.39 Å². The highest BCUT2D eigenvalue weighted by Crippen LogP contribution is 2.65. The number of nitrogens with zero attached hydrogens (tertiary/aromatic N) is 1. The highest BCUT2D eigenvalue weighted by molar-refractivity contribution is 8.08. The lowest BCUT2D eigenvalue weighted by atomic mass is 9.86. The first kappa shape index (κ1) is 32.4. The van der Waals surface area contributed by atoms with Crippen molar-refractivity contribution in [2.24, 2.45) is 17.8 Å². The van der Waals surface area contributed by atoms with Crippen molar-refractivity contribution >= 4 is 26.3 Å². The SMILES string of the molecule is O=c1ccn([C@@H]2O[C@H](COP(O)(=S)OP(=O)(O)OC3OC4(O)C3C(O)C(O)C4[C@@H](O)CO)[C@@H](O)[C@]2(F)C2CC2)c(=O)[nH]1. The second-order valence-electron chi connectivity index (χ2n) is 10.5. The Balaban J connectivity index is 1.23. The number of hydrogen-bond acceptors (Lipinski definition) is 15. The van der Waals surface area contributed by atoms with Gasteiger partial charge in [-0.05, 0) is 24.6 Å². The van der Waals surface area contributed by atoms with Gasteiger partial charge in [-0.3, -0.25) is 18.9 Å². The van der Waals surface area contributed by atoms with Crippen molar-refractivity contribution < 1.29 is 72.2 Å². The van der Waals surface area contributed by atoms with Gasteiger partial charge >= 0.3 is 20.2 Å². The van der Waals surface area contributed by atoms with E-state index < -0.39 is 111 Å². The van der Waals surface area contributed by atoms with Gasteiger partial charge in [-0.25, -0.2) is 18.1 Å². The maximum Gasteiger partial charge on any atom is 0.481 e. The Morgan fingerprint density at radius 2 is 1.90 bits per heavy atom. The number of nitrogens with one attached hydrogen (secondary N) is 1. The monoisotopic (exact) mass is 666 g/mol. The normalized spacial score (nSPS) is 43.3. The summed E-state index contributed by atoms with van der Waals surface area (Å²) in [5.41, 5.74) is -4.28. The van der Waals surface area contributed by atoms with E-state index in [2.05, 4.69) is 4.31 Å². The number of aromatic amines is 1. The summed E-state index contributed by atoms with van der Waals surface area (Å²) in [4.78, 5) is 46.2. The first-order valence-electron chi connectivity index (χ1n) is 12.5. The standard InChI is InChI=1S/C20H29FN2O16P2S/c21-19(7-1-2-7)15(29)9(36-17(19)23-4-3-10(26)22-18(23)30)6-35-41(34,42)39-40(32,33)38-16-12-14(28)13(27)11(8(25)5-24)20(12,31)37-16/h3-4,7-9,11-17,24-25,27-29,31H,1-2,5-6H2,(H,32,33)(H,34,42)(H,22,26,30)/t8-,9+,11?,12?,13?,14?,15+,16?,17+,19+,20?,41?/m0/s1. The molecular weight excluding hydrogens is 637 g/mol. The second-order valence-corrected chi connectivity index (χ2v) is 14.9. The summed E-state index contributed by atoms with van der Waals surface area (Å²) in [5, 5.41) is 60.8. The highest BCUT2D eigenvalue weighted by atomic mass is 32.5. The van der Waals surface area contributed by atoms with Crippen LogP contribution in [0.4, 0.5) is 4.39 Å². The molecule has 0 amide bonds. The fourth-order valence-electron chi connectivity index (χ4n) is 5.78. The maximum atomic E-state index is 16.1. The Kier molecular flexibility index (Phi) is 8.55. The average Bonchev–Trinajstić information content (AvgIpc) is 3.67. The number of fused-ring (bicyclic) bond motifs is 1. The van der Waals surface area contributed by atoms with Crippen LogP contribution in [0, 0.1) is 17.8 Å². The van der Waals surface area contributed by atoms with Gasteiger partial charge in [-0.15, -0.1) is 0 Å². The Morgan fingerprint density at radius 3 is 2.50 bits per heavy atom. The van der Waals surface area contributed by atoms with E-state index in [0.717, 1.165) is 16.8 Å². The quantitative estimate of drug-likeness (QED) is 0.104. The van der Waals surface area contributed by atoms with Gasteiger partial charge in [0, 0.05) is 18.2 Å². The molecule has 1 aromatic rings. The molecule has 8 unspecified atom stereocenters. The van der Waals surface area contributed by atoms with Crippen molar-refractivity contribution in [1.29, 1.82) is 0 Å². The summed E-state index contributed by atoms with van der Waals surface area (Å²) in [7, 11) is -5.42. The fourth-order valence-corrected chi connectivity index (χ4v) is 8.88. The van der Waals surface area contributed by atoms with E-state index in [1.165, 1.54) is 0 Å². The fraction of sp³-hybridized carbons (Fsp3) is 0.800. The summed E-state index contributed by atoms with van der Waals surface area (Å²) in [6.07, 6.45) is -10.8. The van der Waals surface area contributed by atoms with Gasteiger partial charge in [0.1, 0.15) is 12.2 Å². The van der Waals surface area contributed by atoms with Crippen molar-refractivity contribution in [2.75, 3.05) is 13.2 Å². The number of halogens is 1. The third kappa shape index (κ3) is 5.51. The summed E-state index contributed by atoms with van der Waals surface area (Å²) < 4.78 is 54.3. The van der Waals surface area contributed by atoms with Crippen LogP contribution in [0.25, 0.3) is 0 Å². The third-order valence-corrected chi connectivity index (χ3v) is 11.4. The molecule has 0 spiro atoms.